The summed E-state index contributed by atoms with van der Waals surface area (Å²) in [6.07, 6.45) is 12.4. The number of esters is 1. The van der Waals surface area contributed by atoms with Crippen molar-refractivity contribution in [3.05, 3.63) is 34.9 Å². The molecule has 2 aliphatic carbocycles. The second-order valence-electron chi connectivity index (χ2n) is 7.77. The zero-order chi connectivity index (χ0) is 17.6. The van der Waals surface area contributed by atoms with Gasteiger partial charge in [0.1, 0.15) is 0 Å². The van der Waals surface area contributed by atoms with E-state index in [1.807, 2.05) is 0 Å². The molecule has 25 heavy (non-hydrogen) atoms. The lowest BCUT2D eigenvalue weighted by atomic mass is 9.84. The minimum Gasteiger partial charge on any atom is -0.469 e. The summed E-state index contributed by atoms with van der Waals surface area (Å²) in [5.41, 5.74) is 4.67. The van der Waals surface area contributed by atoms with Crippen LogP contribution in [0.2, 0.25) is 0 Å². The first kappa shape index (κ1) is 18.8. The number of halogens is 1. The third kappa shape index (κ3) is 4.78. The lowest BCUT2D eigenvalue weighted by Crippen LogP contribution is -2.14. The second-order valence-corrected chi connectivity index (χ2v) is 8.33. The second kappa shape index (κ2) is 9.07. The highest BCUT2D eigenvalue weighted by atomic mass is 35.5. The van der Waals surface area contributed by atoms with Gasteiger partial charge in [-0.2, -0.15) is 0 Å². The molecule has 0 heterocycles. The minimum absolute atomic E-state index is 0.0895. The maximum Gasteiger partial charge on any atom is 0.305 e. The topological polar surface area (TPSA) is 26.3 Å². The molecule has 0 aromatic heterocycles. The number of unbranched alkanes of at least 4 members (excludes halogenated alkanes) is 3. The van der Waals surface area contributed by atoms with Crippen LogP contribution in [-0.4, -0.2) is 18.5 Å². The number of hydrogen-bond acceptors (Lipinski definition) is 2. The smallest absolute Gasteiger partial charge is 0.305 e. The van der Waals surface area contributed by atoms with E-state index in [4.69, 9.17) is 16.3 Å². The van der Waals surface area contributed by atoms with Gasteiger partial charge in [0.15, 0.2) is 0 Å². The Kier molecular flexibility index (Phi) is 6.81. The standard InChI is InChI=1S/C22H31ClO2/c1-25-22(24)10-5-3-2-4-9-20-19(13-14-21(20)23)18-12-11-16-7-6-8-17(16)15-18/h11-12,15,19-21H,2-10,13-14H2,1H3/t19?,20-,21?/m1/s1. The summed E-state index contributed by atoms with van der Waals surface area (Å²) in [5.74, 6) is 1.17. The number of fused-ring (bicyclic) bond motifs is 1. The Morgan fingerprint density at radius 2 is 1.92 bits per heavy atom. The molecular weight excluding hydrogens is 332 g/mol. The van der Waals surface area contributed by atoms with Crippen molar-refractivity contribution >= 4 is 17.6 Å². The molecule has 0 saturated heterocycles. The fraction of sp³-hybridized carbons (Fsp3) is 0.682. The number of methoxy groups -OCH3 is 1. The number of alkyl halides is 1. The van der Waals surface area contributed by atoms with Gasteiger partial charge in [-0.3, -0.25) is 4.79 Å². The van der Waals surface area contributed by atoms with Gasteiger partial charge < -0.3 is 4.74 Å². The lowest BCUT2D eigenvalue weighted by molar-refractivity contribution is -0.140. The molecule has 3 heteroatoms. The first-order chi connectivity index (χ1) is 12.2. The highest BCUT2D eigenvalue weighted by Gasteiger charge is 2.35. The number of aryl methyl sites for hydroxylation is 2. The monoisotopic (exact) mass is 362 g/mol. The quantitative estimate of drug-likeness (QED) is 0.332. The highest BCUT2D eigenvalue weighted by Crippen LogP contribution is 2.45. The van der Waals surface area contributed by atoms with Gasteiger partial charge in [0, 0.05) is 11.8 Å². The van der Waals surface area contributed by atoms with Gasteiger partial charge in [-0.25, -0.2) is 0 Å². The van der Waals surface area contributed by atoms with Crippen LogP contribution in [0.15, 0.2) is 18.2 Å². The fourth-order valence-corrected chi connectivity index (χ4v) is 5.17. The van der Waals surface area contributed by atoms with E-state index in [2.05, 4.69) is 18.2 Å². The lowest BCUT2D eigenvalue weighted by Gasteiger charge is -2.23. The van der Waals surface area contributed by atoms with Crippen molar-refractivity contribution in [1.29, 1.82) is 0 Å². The zero-order valence-corrected chi connectivity index (χ0v) is 16.2. The number of benzene rings is 1. The molecule has 3 atom stereocenters. The van der Waals surface area contributed by atoms with Crippen LogP contribution in [0, 0.1) is 5.92 Å². The van der Waals surface area contributed by atoms with Gasteiger partial charge in [0.2, 0.25) is 0 Å². The molecule has 2 unspecified atom stereocenters. The van der Waals surface area contributed by atoms with Crippen molar-refractivity contribution in [2.24, 2.45) is 5.92 Å². The molecule has 0 amide bonds. The average molecular weight is 363 g/mol. The molecule has 2 nitrogen and oxygen atoms in total. The fourth-order valence-electron chi connectivity index (χ4n) is 4.74. The minimum atomic E-state index is -0.0895. The molecule has 0 bridgehead atoms. The Morgan fingerprint density at radius 1 is 1.12 bits per heavy atom. The first-order valence-electron chi connectivity index (χ1n) is 10.0. The van der Waals surface area contributed by atoms with Crippen molar-refractivity contribution in [2.75, 3.05) is 7.11 Å². The summed E-state index contributed by atoms with van der Waals surface area (Å²) in [6.45, 7) is 0. The van der Waals surface area contributed by atoms with E-state index in [0.29, 0.717) is 23.6 Å². The molecule has 0 aliphatic heterocycles. The molecular formula is C22H31ClO2. The molecule has 1 aromatic rings. The zero-order valence-electron chi connectivity index (χ0n) is 15.4. The van der Waals surface area contributed by atoms with E-state index in [9.17, 15) is 4.79 Å². The van der Waals surface area contributed by atoms with Crippen LogP contribution in [0.3, 0.4) is 0 Å². The molecule has 0 radical (unpaired) electrons. The number of ether oxygens (including phenoxy) is 1. The Labute approximate surface area is 157 Å². The van der Waals surface area contributed by atoms with Gasteiger partial charge >= 0.3 is 5.97 Å². The van der Waals surface area contributed by atoms with E-state index >= 15 is 0 Å². The van der Waals surface area contributed by atoms with Crippen LogP contribution >= 0.6 is 11.6 Å². The Bertz CT molecular complexity index is 583. The normalized spacial score (nSPS) is 25.1. The van der Waals surface area contributed by atoms with Gasteiger partial charge in [-0.05, 0) is 73.5 Å². The van der Waals surface area contributed by atoms with Gasteiger partial charge in [0.05, 0.1) is 7.11 Å². The summed E-state index contributed by atoms with van der Waals surface area (Å²) >= 11 is 6.68. The maximum absolute atomic E-state index is 11.1. The van der Waals surface area contributed by atoms with Crippen LogP contribution in [0.5, 0.6) is 0 Å². The van der Waals surface area contributed by atoms with E-state index in [1.54, 1.807) is 11.1 Å². The maximum atomic E-state index is 11.1. The van der Waals surface area contributed by atoms with Crippen molar-refractivity contribution in [3.8, 4) is 0 Å². The molecule has 0 spiro atoms. The third-order valence-corrected chi connectivity index (χ3v) is 6.72. The number of rotatable bonds is 8. The molecule has 1 aromatic carbocycles. The summed E-state index contributed by atoms with van der Waals surface area (Å²) < 4.78 is 4.69. The average Bonchev–Trinajstić information content (AvgIpc) is 3.23. The van der Waals surface area contributed by atoms with Gasteiger partial charge in [-0.1, -0.05) is 37.5 Å². The molecule has 138 valence electrons. The predicted molar refractivity (Wildman–Crippen MR) is 103 cm³/mol. The molecule has 0 N–H and O–H groups in total. The Morgan fingerprint density at radius 3 is 2.76 bits per heavy atom. The Hall–Kier alpha value is -1.02. The molecule has 3 rings (SSSR count). The Balaban J connectivity index is 1.49. The van der Waals surface area contributed by atoms with Gasteiger partial charge in [-0.15, -0.1) is 11.6 Å². The number of carbonyl (C=O) groups is 1. The third-order valence-electron chi connectivity index (χ3n) is 6.18. The van der Waals surface area contributed by atoms with Crippen LogP contribution in [0.1, 0.15) is 80.4 Å². The van der Waals surface area contributed by atoms with E-state index < -0.39 is 0 Å². The first-order valence-corrected chi connectivity index (χ1v) is 10.4. The van der Waals surface area contributed by atoms with Crippen LogP contribution < -0.4 is 0 Å². The van der Waals surface area contributed by atoms with E-state index in [0.717, 1.165) is 19.3 Å². The van der Waals surface area contributed by atoms with Crippen LogP contribution in [0.25, 0.3) is 0 Å². The van der Waals surface area contributed by atoms with Crippen molar-refractivity contribution < 1.29 is 9.53 Å². The largest absolute Gasteiger partial charge is 0.469 e. The van der Waals surface area contributed by atoms with Crippen LogP contribution in [-0.2, 0) is 22.4 Å². The highest BCUT2D eigenvalue weighted by molar-refractivity contribution is 6.21. The molecule has 1 saturated carbocycles. The van der Waals surface area contributed by atoms with E-state index in [1.165, 1.54) is 57.6 Å². The van der Waals surface area contributed by atoms with Crippen LogP contribution in [0.4, 0.5) is 0 Å². The summed E-state index contributed by atoms with van der Waals surface area (Å²) in [7, 11) is 1.46. The number of hydrogen-bond donors (Lipinski definition) is 0. The van der Waals surface area contributed by atoms with Crippen molar-refractivity contribution in [2.45, 2.75) is 81.9 Å². The number of carbonyl (C=O) groups excluding carboxylic acids is 1. The van der Waals surface area contributed by atoms with Crippen molar-refractivity contribution in [3.63, 3.8) is 0 Å². The van der Waals surface area contributed by atoms with Gasteiger partial charge in [0.25, 0.3) is 0 Å². The predicted octanol–water partition coefficient (Wildman–Crippen LogP) is 5.79. The summed E-state index contributed by atoms with van der Waals surface area (Å²) in [4.78, 5) is 11.1. The summed E-state index contributed by atoms with van der Waals surface area (Å²) in [5, 5.41) is 0.327. The van der Waals surface area contributed by atoms with Crippen molar-refractivity contribution in [1.82, 2.24) is 0 Å². The molecule has 1 fully saturated rings. The van der Waals surface area contributed by atoms with E-state index in [-0.39, 0.29) is 5.97 Å². The SMILES string of the molecule is COC(=O)CCCCCC[C@H]1C(Cl)CCC1c1ccc2c(c1)CCC2. The molecule has 2 aliphatic rings. The summed E-state index contributed by atoms with van der Waals surface area (Å²) in [6, 6.07) is 7.21.